The van der Waals surface area contributed by atoms with Crippen LogP contribution in [-0.4, -0.2) is 119 Å². The van der Waals surface area contributed by atoms with Crippen molar-refractivity contribution in [2.45, 2.75) is 208 Å². The first-order valence-corrected chi connectivity index (χ1v) is 48.6. The molecule has 0 radical (unpaired) electrons. The molecule has 8 bridgehead atoms. The van der Waals surface area contributed by atoms with Crippen LogP contribution in [0.1, 0.15) is 160 Å². The first-order chi connectivity index (χ1) is 69.1. The van der Waals surface area contributed by atoms with Gasteiger partial charge in [-0.2, -0.15) is 0 Å². The van der Waals surface area contributed by atoms with Crippen molar-refractivity contribution in [1.29, 1.82) is 0 Å². The zero-order valence-electron chi connectivity index (χ0n) is 81.4. The lowest BCUT2D eigenvalue weighted by Crippen LogP contribution is -2.36. The molecule has 0 fully saturated rings. The summed E-state index contributed by atoms with van der Waals surface area (Å²) in [7, 11) is 3.77. The highest BCUT2D eigenvalue weighted by Gasteiger charge is 2.35. The van der Waals surface area contributed by atoms with Crippen LogP contribution in [0.5, 0.6) is 0 Å². The Labute approximate surface area is 826 Å². The summed E-state index contributed by atoms with van der Waals surface area (Å²) in [6.45, 7) is 6.99. The van der Waals surface area contributed by atoms with Gasteiger partial charge in [-0.25, -0.2) is 36.5 Å². The number of aromatic nitrogens is 12. The smallest absolute Gasteiger partial charge is 0.310 e. The first kappa shape index (κ1) is 105. The molecule has 0 spiro atoms. The van der Waals surface area contributed by atoms with Gasteiger partial charge in [0.1, 0.15) is 52.9 Å². The Morgan fingerprint density at radius 2 is 0.401 bits per heavy atom. The summed E-state index contributed by atoms with van der Waals surface area (Å²) in [6.07, 6.45) is 27.2. The monoisotopic (exact) mass is 1950 g/mol. The summed E-state index contributed by atoms with van der Waals surface area (Å²) in [5.74, 6) is -4.76. The van der Waals surface area contributed by atoms with Crippen molar-refractivity contribution in [3.8, 4) is 0 Å². The molecule has 0 saturated carbocycles. The maximum Gasteiger partial charge on any atom is 0.310 e. The number of rotatable bonds is 52. The molecule has 36 heteroatoms. The van der Waals surface area contributed by atoms with E-state index in [9.17, 15) is 19.2 Å². The average molecular weight is 1950 g/mol. The molecule has 142 heavy (non-hydrogen) atoms. The van der Waals surface area contributed by atoms with Crippen LogP contribution in [0.25, 0.3) is 0 Å². The summed E-state index contributed by atoms with van der Waals surface area (Å²) in [6, 6.07) is 29.6. The minimum atomic E-state index is -0.637. The van der Waals surface area contributed by atoms with Crippen LogP contribution in [0.4, 0.5) is 0 Å². The normalized spacial score (nSPS) is 11.7. The highest BCUT2D eigenvalue weighted by atomic mass is 16.6. The number of ether oxygens (including phenoxy) is 8. The van der Waals surface area contributed by atoms with Gasteiger partial charge < -0.3 is 103 Å². The van der Waals surface area contributed by atoms with E-state index < -0.39 is 47.8 Å². The molecule has 36 nitrogen and oxygen atoms in total. The molecule has 18 N–H and O–H groups in total. The summed E-state index contributed by atoms with van der Waals surface area (Å²) < 4.78 is 69.2. The Morgan fingerprint density at radius 1 is 0.232 bits per heavy atom. The molecule has 0 saturated heterocycles. The largest absolute Gasteiger partial charge is 0.461 e. The number of hydrogen-bond acceptors (Lipinski definition) is 24. The van der Waals surface area contributed by atoms with E-state index in [1.807, 2.05) is 256 Å². The number of carbonyl (C=O) groups excluding carboxylic acids is 8. The lowest BCUT2D eigenvalue weighted by molar-refractivity contribution is -0.694. The van der Waals surface area contributed by atoms with Gasteiger partial charge in [-0.3, -0.25) is 38.4 Å². The second-order valence-electron chi connectivity index (χ2n) is 35.5. The van der Waals surface area contributed by atoms with Gasteiger partial charge in [-0.1, -0.05) is 0 Å². The summed E-state index contributed by atoms with van der Waals surface area (Å²) >= 11 is 0. The molecule has 0 unspecified atom stereocenters. The number of carbonyl (C=O) groups is 8. The van der Waals surface area contributed by atoms with E-state index in [0.717, 1.165) is 22.3 Å². The third kappa shape index (κ3) is 30.4. The van der Waals surface area contributed by atoms with Crippen LogP contribution in [0, 0.1) is 0 Å². The Hall–Kier alpha value is -14.2. The number of esters is 8. The van der Waals surface area contributed by atoms with Crippen molar-refractivity contribution >= 4 is 47.8 Å². The molecule has 1 aliphatic heterocycles. The van der Waals surface area contributed by atoms with Gasteiger partial charge in [0.2, 0.25) is 0 Å². The molecule has 12 aromatic heterocycles. The predicted molar refractivity (Wildman–Crippen MR) is 516 cm³/mol. The number of hydrogen-bond donors (Lipinski definition) is 10. The van der Waals surface area contributed by atoms with E-state index in [1.54, 1.807) is 0 Å². The van der Waals surface area contributed by atoms with Crippen LogP contribution < -0.4 is 82.4 Å². The molecule has 13 rings (SSSR count). The standard InChI is InChI=1S/C106H136N20O16/c1-117-95-64-93-83(3-7-99(127)135-67-75-11-35-119(36-12-75)51-27-107)87(59-103(131)139-71-79-19-43-123(44-20-79)55-31-111)91(115-93)63-92-88(60-104(132)140-72-80-21-45-124(46-22-80)56-32-112)84(4-8-100(128)136-68-76-13-37-120(38-14-76)52-28-108)94(116-92)65-96-89(61-105(133)141-73-81-23-47-125(48-24-81)57-33-113)86(6-10-102(130)138-70-78-17-41-122(42-18-78)54-30-110)97(118(96)2)66-98(117)90(62-106(134)142-74-82-25-49-126(50-26-82)58-34-114)85(95)5-9-101(129)137-69-77-15-39-121(40-16-77)53-29-109/h11-26,35-50,115-116H,3-10,27-34,51-74,107-114H2,1-2H3/q+8. The van der Waals surface area contributed by atoms with Gasteiger partial charge in [0, 0.05) is 253 Å². The van der Waals surface area contributed by atoms with Gasteiger partial charge in [0.25, 0.3) is 0 Å². The zero-order valence-corrected chi connectivity index (χ0v) is 81.4. The highest BCUT2D eigenvalue weighted by Crippen LogP contribution is 2.38. The SMILES string of the molecule is Cn1c2c(CC(=O)OCc3cc[n+](CCN)cc3)c(CCC(=O)OCc3cc[n+](CCN)cc3)c1Cc1c(CC(=O)OCc3cc[n+](CCN)cc3)c(CCC(=O)OCc3cc[n+](CCN)cc3)c(n1C)Cc1[nH]c(c(CC(=O)OCc3cc[n+](CCN)cc3)c1CCC(=O)OCc1cc[n+](CCN)cc1)Cc1[nH]c(c(CCC(=O)OCc3cc[n+](CCN)cc3)c1CC(=O)OCc1cc[n+](CCN)cc1)C2. The minimum Gasteiger partial charge on any atom is -0.461 e. The molecule has 0 atom stereocenters. The first-order valence-electron chi connectivity index (χ1n) is 48.6. The van der Waals surface area contributed by atoms with Crippen molar-refractivity contribution in [2.24, 2.45) is 60.0 Å². The van der Waals surface area contributed by atoms with Gasteiger partial charge in [0.15, 0.2) is 152 Å². The molecule has 0 aromatic carbocycles. The van der Waals surface area contributed by atoms with Gasteiger partial charge >= 0.3 is 47.8 Å². The molecular formula is C106H136N20O16+8. The van der Waals surface area contributed by atoms with Crippen molar-refractivity contribution in [3.05, 3.63) is 331 Å². The number of H-pyrrole nitrogens is 2. The van der Waals surface area contributed by atoms with E-state index >= 15 is 19.2 Å². The topological polar surface area (TPSA) is 491 Å². The van der Waals surface area contributed by atoms with Crippen LogP contribution >= 0.6 is 0 Å². The van der Waals surface area contributed by atoms with Crippen molar-refractivity contribution in [3.63, 3.8) is 0 Å². The summed E-state index contributed by atoms with van der Waals surface area (Å²) in [5.41, 5.74) is 61.5. The molecule has 13 heterocycles. The molecular weight excluding hydrogens is 1810 g/mol. The van der Waals surface area contributed by atoms with Crippen LogP contribution in [0.3, 0.4) is 0 Å². The Bertz CT molecular complexity index is 6220. The van der Waals surface area contributed by atoms with E-state index in [-0.39, 0.29) is 156 Å². The molecule has 0 aliphatic carbocycles. The third-order valence-electron chi connectivity index (χ3n) is 25.5. The number of nitrogens with two attached hydrogens (primary N) is 8. The number of fused-ring (bicyclic) bond motifs is 8. The van der Waals surface area contributed by atoms with Crippen molar-refractivity contribution in [1.82, 2.24) is 19.1 Å². The zero-order chi connectivity index (χ0) is 100. The number of pyridine rings is 8. The molecule has 1 aliphatic rings. The van der Waals surface area contributed by atoms with E-state index in [2.05, 4.69) is 9.97 Å². The van der Waals surface area contributed by atoms with E-state index in [1.165, 1.54) is 0 Å². The Balaban J connectivity index is 1.03. The number of nitrogens with zero attached hydrogens (tertiary/aromatic N) is 10. The van der Waals surface area contributed by atoms with E-state index in [0.29, 0.717) is 217 Å². The second-order valence-corrected chi connectivity index (χ2v) is 35.5. The highest BCUT2D eigenvalue weighted by molar-refractivity contribution is 5.79. The molecule has 0 amide bonds. The molecule has 748 valence electrons. The quantitative estimate of drug-likeness (QED) is 0.0147. The lowest BCUT2D eigenvalue weighted by atomic mass is 9.93. The molecule has 12 aromatic rings. The summed E-state index contributed by atoms with van der Waals surface area (Å²) in [5, 5.41) is 0. The maximum absolute atomic E-state index is 15.5. The van der Waals surface area contributed by atoms with Crippen molar-refractivity contribution < 1.29 is 113 Å². The fraction of sp³-hybridized carbons (Fsp3) is 0.396. The van der Waals surface area contributed by atoms with Gasteiger partial charge in [-0.05, 0) is 70.2 Å². The Kier molecular flexibility index (Phi) is 39.5. The van der Waals surface area contributed by atoms with Crippen molar-refractivity contribution in [2.75, 3.05) is 52.4 Å². The summed E-state index contributed by atoms with van der Waals surface area (Å²) in [4.78, 5) is 129. The number of nitrogens with one attached hydrogen (secondary N) is 2. The van der Waals surface area contributed by atoms with Crippen LogP contribution in [0.2, 0.25) is 0 Å². The fourth-order valence-electron chi connectivity index (χ4n) is 17.8. The second kappa shape index (κ2) is 53.4. The van der Waals surface area contributed by atoms with E-state index in [4.69, 9.17) is 83.8 Å². The van der Waals surface area contributed by atoms with Crippen LogP contribution in [-0.2, 0) is 273 Å². The van der Waals surface area contributed by atoms with Crippen LogP contribution in [0.15, 0.2) is 196 Å². The third-order valence-corrected chi connectivity index (χ3v) is 25.5. The predicted octanol–water partition coefficient (Wildman–Crippen LogP) is 1.51. The maximum atomic E-state index is 15.5. The van der Waals surface area contributed by atoms with Gasteiger partial charge in [0.05, 0.1) is 78.0 Å². The Morgan fingerprint density at radius 3 is 0.613 bits per heavy atom. The lowest BCUT2D eigenvalue weighted by Gasteiger charge is -2.15. The average Bonchev–Trinajstić information content (AvgIpc) is 1.59. The minimum absolute atomic E-state index is 0.0145. The number of aromatic amines is 2. The van der Waals surface area contributed by atoms with Gasteiger partial charge in [-0.15, -0.1) is 0 Å². The fourth-order valence-corrected chi connectivity index (χ4v) is 17.8.